The van der Waals surface area contributed by atoms with E-state index in [9.17, 15) is 33.9 Å². The van der Waals surface area contributed by atoms with Crippen molar-refractivity contribution >= 4 is 63.9 Å². The molecule has 8 rings (SSSR count). The fraction of sp³-hybridized carbons (Fsp3) is 0.440. The highest BCUT2D eigenvalue weighted by Gasteiger charge is 2.45. The summed E-state index contributed by atoms with van der Waals surface area (Å²) in [5, 5.41) is 21.1. The minimum absolute atomic E-state index is 0.00445. The number of nitrogens with one attached hydrogen (secondary N) is 4. The summed E-state index contributed by atoms with van der Waals surface area (Å²) in [5.74, 6) is -3.47. The smallest absolute Gasteiger partial charge is 0.332 e. The number of benzene rings is 2. The number of imide groups is 1. The van der Waals surface area contributed by atoms with Gasteiger partial charge < -0.3 is 45.2 Å². The molecule has 4 amide bonds. The number of carbonyl (C=O) groups excluding carboxylic acids is 6. The summed E-state index contributed by atoms with van der Waals surface area (Å²) in [6.07, 6.45) is 2.25. The average molecular weight is 1010 g/mol. The highest BCUT2D eigenvalue weighted by Crippen LogP contribution is 2.36. The molecule has 0 saturated carbocycles. The number of hydrogen-bond donors (Lipinski definition) is 5. The van der Waals surface area contributed by atoms with Crippen LogP contribution in [0.4, 0.5) is 26.2 Å². The number of imidazole rings is 1. The minimum Gasteiger partial charge on any atom is -0.455 e. The van der Waals surface area contributed by atoms with Crippen molar-refractivity contribution in [1.29, 1.82) is 0 Å². The molecule has 3 aliphatic heterocycles. The van der Waals surface area contributed by atoms with Crippen LogP contribution in [0.15, 0.2) is 54.9 Å². The van der Waals surface area contributed by atoms with Gasteiger partial charge in [0, 0.05) is 48.1 Å². The van der Waals surface area contributed by atoms with Crippen molar-refractivity contribution in [3.63, 3.8) is 0 Å². The van der Waals surface area contributed by atoms with Crippen molar-refractivity contribution in [2.24, 2.45) is 5.92 Å². The molecule has 0 bridgehead atoms. The number of amides is 4. The highest BCUT2D eigenvalue weighted by atomic mass is 19.1. The molecule has 0 radical (unpaired) electrons. The molecule has 2 aromatic carbocycles. The Kier molecular flexibility index (Phi) is 16.4. The van der Waals surface area contributed by atoms with Gasteiger partial charge in [0.2, 0.25) is 17.8 Å². The number of piperidine rings is 2. The van der Waals surface area contributed by atoms with Crippen LogP contribution in [-0.4, -0.2) is 146 Å². The predicted octanol–water partition coefficient (Wildman–Crippen LogP) is 4.14. The summed E-state index contributed by atoms with van der Waals surface area (Å²) in [7, 11) is 0. The number of hydrogen-bond acceptors (Lipinski definition) is 17. The van der Waals surface area contributed by atoms with E-state index in [1.807, 2.05) is 23.3 Å². The molecule has 3 aromatic heterocycles. The molecule has 2 fully saturated rings. The molecule has 21 nitrogen and oxygen atoms in total. The van der Waals surface area contributed by atoms with Gasteiger partial charge in [-0.1, -0.05) is 12.1 Å². The third-order valence-corrected chi connectivity index (χ3v) is 12.7. The number of nitrogens with zero attached hydrogens (tertiary/aromatic N) is 7. The number of halogens is 2. The monoisotopic (exact) mass is 1010 g/mol. The fourth-order valence-electron chi connectivity index (χ4n) is 9.39. The number of ketones is 1. The number of esters is 1. The van der Waals surface area contributed by atoms with Gasteiger partial charge in [0.25, 0.3) is 11.8 Å². The van der Waals surface area contributed by atoms with Gasteiger partial charge in [0.1, 0.15) is 54.4 Å². The number of aromatic nitrogens is 5. The number of fused-ring (bicyclic) bond motifs is 2. The van der Waals surface area contributed by atoms with E-state index < -0.39 is 60.3 Å². The zero-order valence-corrected chi connectivity index (χ0v) is 40.8. The quantitative estimate of drug-likeness (QED) is 0.0393. The lowest BCUT2D eigenvalue weighted by molar-refractivity contribution is -0.159. The largest absolute Gasteiger partial charge is 0.455 e. The maximum absolute atomic E-state index is 15.3. The summed E-state index contributed by atoms with van der Waals surface area (Å²) in [6.45, 7) is 8.48. The summed E-state index contributed by atoms with van der Waals surface area (Å²) in [5.41, 5.74) is 2.12. The molecule has 0 aliphatic carbocycles. The lowest BCUT2D eigenvalue weighted by atomic mass is 9.87. The maximum Gasteiger partial charge on any atom is 0.332 e. The summed E-state index contributed by atoms with van der Waals surface area (Å²) in [6, 6.07) is 9.99. The van der Waals surface area contributed by atoms with Crippen LogP contribution in [0.5, 0.6) is 0 Å². The molecule has 73 heavy (non-hydrogen) atoms. The van der Waals surface area contributed by atoms with E-state index in [4.69, 9.17) is 14.2 Å². The van der Waals surface area contributed by atoms with Crippen molar-refractivity contribution < 1.29 is 56.9 Å². The number of aliphatic hydroxyl groups is 1. The first-order chi connectivity index (χ1) is 35.1. The molecule has 5 aromatic rings. The number of anilines is 3. The zero-order valence-electron chi connectivity index (χ0n) is 40.8. The Morgan fingerprint density at radius 1 is 0.904 bits per heavy atom. The Bertz CT molecular complexity index is 2890. The minimum atomic E-state index is -1.02. The Morgan fingerprint density at radius 3 is 2.41 bits per heavy atom. The van der Waals surface area contributed by atoms with Gasteiger partial charge in [-0.2, -0.15) is 0 Å². The first-order valence-electron chi connectivity index (χ1n) is 24.1. The van der Waals surface area contributed by atoms with Gasteiger partial charge in [-0.15, -0.1) is 0 Å². The second kappa shape index (κ2) is 23.0. The number of carbonyl (C=O) groups is 6. The van der Waals surface area contributed by atoms with E-state index in [0.717, 1.165) is 11.1 Å². The van der Waals surface area contributed by atoms with E-state index in [0.29, 0.717) is 54.3 Å². The first-order valence-corrected chi connectivity index (χ1v) is 24.1. The molecule has 386 valence electrons. The van der Waals surface area contributed by atoms with E-state index in [1.54, 1.807) is 37.3 Å². The third-order valence-electron chi connectivity index (χ3n) is 12.7. The highest BCUT2D eigenvalue weighted by molar-refractivity contribution is 6.25. The predicted molar refractivity (Wildman–Crippen MR) is 259 cm³/mol. The van der Waals surface area contributed by atoms with Crippen molar-refractivity contribution in [2.75, 3.05) is 69.8 Å². The Labute approximate surface area is 418 Å². The van der Waals surface area contributed by atoms with Crippen LogP contribution in [0.1, 0.15) is 90.7 Å². The second-order valence-corrected chi connectivity index (χ2v) is 18.4. The topological polar surface area (TPSA) is 261 Å². The van der Waals surface area contributed by atoms with Crippen molar-refractivity contribution in [3.8, 4) is 11.3 Å². The maximum atomic E-state index is 15.3. The van der Waals surface area contributed by atoms with Crippen LogP contribution in [-0.2, 0) is 33.4 Å². The molecule has 3 aliphatic rings. The molecular formula is C50H57F2N11O10. The standard InChI is InChI=1S/C50H57F2N11O10/c1-27(2)62-29(4)57-45-34(51)20-32(21-38(45)62)44-35(52)23-56-50(60-44)58-39-10-8-31(22-55-39)46(73-42(67)26-72-25-28(3)64)30-12-16-61(17-13-30)24-41(66)54-15-19-71-18-14-53-36-7-5-6-33-43(36)49(70)63(48(33)69)37-9-11-40(65)59-47(37)68/h5-8,10,20-23,27,30,37,40,46,53,65H,9,11-19,24-26H2,1-4H3,(H,54,66)(H,59,68)(H,55,56,58,60)/t37?,40?,46-/m1/s1. The Hall–Kier alpha value is -7.34. The van der Waals surface area contributed by atoms with Gasteiger partial charge in [0.15, 0.2) is 17.4 Å². The van der Waals surface area contributed by atoms with Crippen LogP contribution in [0.25, 0.3) is 22.3 Å². The first kappa shape index (κ1) is 52.0. The van der Waals surface area contributed by atoms with Crippen LogP contribution < -0.4 is 21.3 Å². The van der Waals surface area contributed by atoms with E-state index in [1.165, 1.54) is 25.3 Å². The number of Topliss-reactive ketones (excluding diaryl/α,β-unsaturated/α-hetero) is 1. The summed E-state index contributed by atoms with van der Waals surface area (Å²) < 4.78 is 49.2. The molecular weight excluding hydrogens is 953 g/mol. The van der Waals surface area contributed by atoms with Crippen LogP contribution >= 0.6 is 0 Å². The van der Waals surface area contributed by atoms with Gasteiger partial charge in [-0.25, -0.2) is 33.5 Å². The summed E-state index contributed by atoms with van der Waals surface area (Å²) >= 11 is 0. The van der Waals surface area contributed by atoms with Crippen molar-refractivity contribution in [2.45, 2.75) is 77.8 Å². The molecule has 0 spiro atoms. The third kappa shape index (κ3) is 12.1. The van der Waals surface area contributed by atoms with Crippen LogP contribution in [0.3, 0.4) is 0 Å². The number of likely N-dealkylation sites (tertiary alicyclic amines) is 1. The number of rotatable bonds is 21. The fourth-order valence-corrected chi connectivity index (χ4v) is 9.39. The van der Waals surface area contributed by atoms with Gasteiger partial charge >= 0.3 is 5.97 Å². The average Bonchev–Trinajstić information content (AvgIpc) is 3.83. The second-order valence-electron chi connectivity index (χ2n) is 18.4. The normalized spacial score (nSPS) is 17.7. The van der Waals surface area contributed by atoms with Gasteiger partial charge in [-0.3, -0.25) is 33.8 Å². The Morgan fingerprint density at radius 2 is 1.68 bits per heavy atom. The van der Waals surface area contributed by atoms with Crippen LogP contribution in [0, 0.1) is 24.5 Å². The van der Waals surface area contributed by atoms with E-state index in [2.05, 4.69) is 41.2 Å². The van der Waals surface area contributed by atoms with E-state index >= 15 is 8.78 Å². The molecule has 2 unspecified atom stereocenters. The molecule has 23 heteroatoms. The van der Waals surface area contributed by atoms with Crippen LogP contribution in [0.2, 0.25) is 0 Å². The number of aliphatic hydroxyl groups excluding tert-OH is 1. The van der Waals surface area contributed by atoms with Crippen molar-refractivity contribution in [3.05, 3.63) is 89.0 Å². The number of pyridine rings is 1. The molecule has 3 atom stereocenters. The van der Waals surface area contributed by atoms with E-state index in [-0.39, 0.29) is 110 Å². The van der Waals surface area contributed by atoms with Gasteiger partial charge in [-0.05, 0) is 96.8 Å². The number of ether oxygens (including phenoxy) is 3. The molecule has 5 N–H and O–H groups in total. The zero-order chi connectivity index (χ0) is 51.9. The van der Waals surface area contributed by atoms with Gasteiger partial charge in [0.05, 0.1) is 42.6 Å². The summed E-state index contributed by atoms with van der Waals surface area (Å²) in [4.78, 5) is 96.6. The lowest BCUT2D eigenvalue weighted by Crippen LogP contribution is -2.55. The molecule has 6 heterocycles. The lowest BCUT2D eigenvalue weighted by Gasteiger charge is -2.35. The van der Waals surface area contributed by atoms with Crippen molar-refractivity contribution in [1.82, 2.24) is 44.9 Å². The SMILES string of the molecule is CC(=O)COCC(=O)O[C@@H](c1ccc(Nc2ncc(F)c(-c3cc(F)c4nc(C)n(C(C)C)c4c3)n2)nc1)C1CCN(CC(=O)NCCOCCNc2cccc3c2C(=O)N(C2CCC(O)NC2=O)C3=O)CC1. The number of aryl methyl sites for hydroxylation is 1. The molecule has 2 saturated heterocycles. The Balaban J connectivity index is 0.812.